The Kier molecular flexibility index (Phi) is 3.25. The van der Waals surface area contributed by atoms with E-state index in [0.29, 0.717) is 16.0 Å². The molecule has 4 nitrogen and oxygen atoms in total. The molecule has 0 spiro atoms. The Hall–Kier alpha value is -1.10. The van der Waals surface area contributed by atoms with Crippen molar-refractivity contribution in [2.24, 2.45) is 0 Å². The maximum atomic E-state index is 10.3. The lowest BCUT2D eigenvalue weighted by atomic mass is 10.3. The van der Waals surface area contributed by atoms with Crippen LogP contribution in [0.2, 0.25) is 0 Å². The van der Waals surface area contributed by atoms with Gasteiger partial charge in [-0.1, -0.05) is 0 Å². The van der Waals surface area contributed by atoms with Gasteiger partial charge in [-0.05, 0) is 28.1 Å². The molecule has 13 heavy (non-hydrogen) atoms. The molecule has 0 aromatic carbocycles. The highest BCUT2D eigenvalue weighted by molar-refractivity contribution is 9.10. The van der Waals surface area contributed by atoms with Crippen molar-refractivity contribution in [2.45, 2.75) is 6.42 Å². The summed E-state index contributed by atoms with van der Waals surface area (Å²) in [7, 11) is 1.53. The normalized spacial score (nSPS) is 9.69. The minimum atomic E-state index is -0.899. The smallest absolute Gasteiger partial charge is 0.309 e. The largest absolute Gasteiger partial charge is 0.494 e. The summed E-state index contributed by atoms with van der Waals surface area (Å²) < 4.78 is 5.47. The van der Waals surface area contributed by atoms with Crippen molar-refractivity contribution in [3.63, 3.8) is 0 Å². The van der Waals surface area contributed by atoms with Crippen LogP contribution in [-0.4, -0.2) is 23.2 Å². The maximum absolute atomic E-state index is 10.3. The van der Waals surface area contributed by atoms with Crippen LogP contribution < -0.4 is 4.74 Å². The van der Waals surface area contributed by atoms with Gasteiger partial charge in [-0.3, -0.25) is 4.79 Å². The molecule has 0 aliphatic carbocycles. The average molecular weight is 246 g/mol. The third kappa shape index (κ3) is 2.69. The monoisotopic (exact) mass is 245 g/mol. The van der Waals surface area contributed by atoms with Crippen LogP contribution >= 0.6 is 15.9 Å². The number of aromatic nitrogens is 1. The molecule has 0 fully saturated rings. The summed E-state index contributed by atoms with van der Waals surface area (Å²) in [6.45, 7) is 0. The molecule has 1 aromatic rings. The van der Waals surface area contributed by atoms with Crippen LogP contribution in [0.3, 0.4) is 0 Å². The lowest BCUT2D eigenvalue weighted by Crippen LogP contribution is -2.02. The van der Waals surface area contributed by atoms with E-state index in [0.717, 1.165) is 0 Å². The second-order valence-corrected chi connectivity index (χ2v) is 3.12. The van der Waals surface area contributed by atoms with Crippen molar-refractivity contribution in [2.75, 3.05) is 7.11 Å². The van der Waals surface area contributed by atoms with Crippen LogP contribution in [-0.2, 0) is 11.2 Å². The van der Waals surface area contributed by atoms with Gasteiger partial charge in [0.15, 0.2) is 5.75 Å². The molecule has 70 valence electrons. The average Bonchev–Trinajstić information content (AvgIpc) is 2.03. The number of aliphatic carboxylic acids is 1. The molecule has 0 amide bonds. The number of halogens is 1. The quantitative estimate of drug-likeness (QED) is 0.820. The molecule has 5 heteroatoms. The minimum Gasteiger partial charge on any atom is -0.494 e. The van der Waals surface area contributed by atoms with Gasteiger partial charge in [-0.2, -0.15) is 0 Å². The molecule has 0 unspecified atom stereocenters. The Morgan fingerprint density at radius 2 is 2.38 bits per heavy atom. The summed E-state index contributed by atoms with van der Waals surface area (Å²) in [4.78, 5) is 14.3. The predicted octanol–water partition coefficient (Wildman–Crippen LogP) is 1.48. The van der Waals surface area contributed by atoms with Crippen molar-refractivity contribution in [3.05, 3.63) is 22.4 Å². The van der Waals surface area contributed by atoms with Gasteiger partial charge in [0.2, 0.25) is 0 Å². The van der Waals surface area contributed by atoms with Crippen molar-refractivity contribution < 1.29 is 14.6 Å². The summed E-state index contributed by atoms with van der Waals surface area (Å²) in [6.07, 6.45) is -0.0808. The number of carboxylic acid groups (broad SMARTS) is 1. The minimum absolute atomic E-state index is 0.0808. The number of nitrogens with zero attached hydrogens (tertiary/aromatic N) is 1. The third-order valence-corrected chi connectivity index (χ3v) is 1.99. The molecule has 0 aliphatic rings. The molecule has 0 bridgehead atoms. The molecule has 1 rings (SSSR count). The zero-order chi connectivity index (χ0) is 9.84. The van der Waals surface area contributed by atoms with Gasteiger partial charge >= 0.3 is 5.97 Å². The highest BCUT2D eigenvalue weighted by atomic mass is 79.9. The summed E-state index contributed by atoms with van der Waals surface area (Å²) in [5.41, 5.74) is 0.500. The van der Waals surface area contributed by atoms with Crippen molar-refractivity contribution in [3.8, 4) is 5.75 Å². The van der Waals surface area contributed by atoms with Gasteiger partial charge in [0.25, 0.3) is 0 Å². The Morgan fingerprint density at radius 3 is 2.85 bits per heavy atom. The number of hydrogen-bond acceptors (Lipinski definition) is 3. The molecule has 0 saturated heterocycles. The Balaban J connectivity index is 2.89. The summed E-state index contributed by atoms with van der Waals surface area (Å²) >= 11 is 3.17. The fourth-order valence-corrected chi connectivity index (χ4v) is 1.39. The van der Waals surface area contributed by atoms with E-state index in [1.54, 1.807) is 12.1 Å². The highest BCUT2D eigenvalue weighted by Crippen LogP contribution is 2.22. The van der Waals surface area contributed by atoms with Crippen LogP contribution in [0, 0.1) is 0 Å². The number of carbonyl (C=O) groups is 1. The van der Waals surface area contributed by atoms with E-state index in [-0.39, 0.29) is 6.42 Å². The zero-order valence-corrected chi connectivity index (χ0v) is 8.54. The first-order chi connectivity index (χ1) is 6.13. The first-order valence-corrected chi connectivity index (χ1v) is 4.34. The summed E-state index contributed by atoms with van der Waals surface area (Å²) in [6, 6.07) is 3.30. The Bertz CT molecular complexity index is 327. The summed E-state index contributed by atoms with van der Waals surface area (Å²) in [5.74, 6) is -0.307. The van der Waals surface area contributed by atoms with E-state index in [9.17, 15) is 4.79 Å². The molecule has 1 heterocycles. The van der Waals surface area contributed by atoms with E-state index in [4.69, 9.17) is 9.84 Å². The lowest BCUT2D eigenvalue weighted by molar-refractivity contribution is -0.136. The van der Waals surface area contributed by atoms with E-state index >= 15 is 0 Å². The van der Waals surface area contributed by atoms with E-state index in [2.05, 4.69) is 20.9 Å². The van der Waals surface area contributed by atoms with E-state index in [1.165, 1.54) is 7.11 Å². The Morgan fingerprint density at radius 1 is 1.69 bits per heavy atom. The first kappa shape index (κ1) is 9.98. The highest BCUT2D eigenvalue weighted by Gasteiger charge is 2.05. The first-order valence-electron chi connectivity index (χ1n) is 3.54. The molecule has 1 aromatic heterocycles. The Labute approximate surface area is 83.7 Å². The molecular formula is C8H8BrNO3. The van der Waals surface area contributed by atoms with Gasteiger partial charge in [0, 0.05) is 0 Å². The fraction of sp³-hybridized carbons (Fsp3) is 0.250. The van der Waals surface area contributed by atoms with Crippen molar-refractivity contribution in [1.82, 2.24) is 4.98 Å². The fourth-order valence-electron chi connectivity index (χ4n) is 0.865. The molecule has 0 atom stereocenters. The second kappa shape index (κ2) is 4.23. The van der Waals surface area contributed by atoms with Gasteiger partial charge in [0.05, 0.1) is 19.2 Å². The van der Waals surface area contributed by atoms with Gasteiger partial charge in [-0.15, -0.1) is 0 Å². The predicted molar refractivity (Wildman–Crippen MR) is 49.8 cm³/mol. The molecule has 0 saturated carbocycles. The second-order valence-electron chi connectivity index (χ2n) is 2.37. The van der Waals surface area contributed by atoms with Crippen LogP contribution in [0.25, 0.3) is 0 Å². The zero-order valence-electron chi connectivity index (χ0n) is 6.95. The third-order valence-electron chi connectivity index (χ3n) is 1.42. The molecule has 1 N–H and O–H groups in total. The number of carboxylic acids is 1. The topological polar surface area (TPSA) is 59.4 Å². The van der Waals surface area contributed by atoms with Crippen LogP contribution in [0.1, 0.15) is 5.69 Å². The number of ether oxygens (including phenoxy) is 1. The molecular weight excluding hydrogens is 238 g/mol. The maximum Gasteiger partial charge on any atom is 0.309 e. The van der Waals surface area contributed by atoms with Crippen LogP contribution in [0.5, 0.6) is 5.75 Å². The van der Waals surface area contributed by atoms with Gasteiger partial charge in [-0.25, -0.2) is 4.98 Å². The molecule has 0 radical (unpaired) electrons. The molecule has 0 aliphatic heterocycles. The van der Waals surface area contributed by atoms with E-state index < -0.39 is 5.97 Å². The number of rotatable bonds is 3. The number of pyridine rings is 1. The van der Waals surface area contributed by atoms with E-state index in [1.807, 2.05) is 0 Å². The van der Waals surface area contributed by atoms with Gasteiger partial charge in [0.1, 0.15) is 4.60 Å². The van der Waals surface area contributed by atoms with Gasteiger partial charge < -0.3 is 9.84 Å². The summed E-state index contributed by atoms with van der Waals surface area (Å²) in [5, 5.41) is 8.50. The van der Waals surface area contributed by atoms with Crippen molar-refractivity contribution >= 4 is 21.9 Å². The number of methoxy groups -OCH3 is 1. The van der Waals surface area contributed by atoms with Crippen LogP contribution in [0.4, 0.5) is 0 Å². The standard InChI is InChI=1S/C8H8BrNO3/c1-13-6-3-2-5(4-7(11)12)10-8(6)9/h2-3H,4H2,1H3,(H,11,12). The number of hydrogen-bond donors (Lipinski definition) is 1. The van der Waals surface area contributed by atoms with Crippen molar-refractivity contribution in [1.29, 1.82) is 0 Å². The SMILES string of the molecule is COc1ccc(CC(=O)O)nc1Br. The van der Waals surface area contributed by atoms with Crippen LogP contribution in [0.15, 0.2) is 16.7 Å². The lowest BCUT2D eigenvalue weighted by Gasteiger charge is -2.03.